The molecular formula is C22H30O3. The summed E-state index contributed by atoms with van der Waals surface area (Å²) in [6.07, 6.45) is 6.61. The highest BCUT2D eigenvalue weighted by molar-refractivity contribution is 5.86. The Morgan fingerprint density at radius 1 is 1.24 bits per heavy atom. The minimum Gasteiger partial charge on any atom is -0.385 e. The molecule has 136 valence electrons. The van der Waals surface area contributed by atoms with Gasteiger partial charge >= 0.3 is 0 Å². The van der Waals surface area contributed by atoms with Crippen molar-refractivity contribution in [2.45, 2.75) is 72.3 Å². The van der Waals surface area contributed by atoms with Gasteiger partial charge in [0.25, 0.3) is 0 Å². The van der Waals surface area contributed by atoms with Crippen molar-refractivity contribution in [3.8, 4) is 0 Å². The van der Waals surface area contributed by atoms with Gasteiger partial charge in [0.1, 0.15) is 11.9 Å². The summed E-state index contributed by atoms with van der Waals surface area (Å²) in [5.41, 5.74) is 3.96. The summed E-state index contributed by atoms with van der Waals surface area (Å²) < 4.78 is 0. The van der Waals surface area contributed by atoms with Crippen LogP contribution in [0, 0.1) is 28.6 Å². The van der Waals surface area contributed by atoms with Crippen LogP contribution in [0.4, 0.5) is 0 Å². The lowest BCUT2D eigenvalue weighted by molar-refractivity contribution is -0.130. The molecule has 0 aliphatic heterocycles. The van der Waals surface area contributed by atoms with Crippen molar-refractivity contribution in [3.05, 3.63) is 22.8 Å². The van der Waals surface area contributed by atoms with Gasteiger partial charge in [-0.25, -0.2) is 0 Å². The number of hydrogen-bond donors (Lipinski definition) is 1. The largest absolute Gasteiger partial charge is 0.385 e. The van der Waals surface area contributed by atoms with Gasteiger partial charge in [0.15, 0.2) is 5.78 Å². The second-order valence-electron chi connectivity index (χ2n) is 9.48. The summed E-state index contributed by atoms with van der Waals surface area (Å²) in [5.74, 6) is 1.51. The first-order chi connectivity index (χ1) is 11.7. The molecule has 4 rings (SSSR count). The molecule has 4 aliphatic rings. The van der Waals surface area contributed by atoms with Crippen LogP contribution in [0.5, 0.6) is 0 Å². The topological polar surface area (TPSA) is 54.4 Å². The van der Waals surface area contributed by atoms with Crippen molar-refractivity contribution >= 4 is 11.6 Å². The SMILES string of the molecule is CC(=O)[C@H]1CC[C@H]2[C@@H]3CC(C)=C4CC(O)C(=O)C[C@]4(C)C3=CC[C@]12C. The molecule has 0 heterocycles. The lowest BCUT2D eigenvalue weighted by atomic mass is 9.50. The summed E-state index contributed by atoms with van der Waals surface area (Å²) >= 11 is 0. The number of rotatable bonds is 1. The molecule has 0 amide bonds. The zero-order chi connectivity index (χ0) is 18.1. The predicted octanol–water partition coefficient (Wildman–Crippen LogP) is 4.00. The van der Waals surface area contributed by atoms with Crippen LogP contribution in [-0.2, 0) is 9.59 Å². The van der Waals surface area contributed by atoms with Crippen LogP contribution < -0.4 is 0 Å². The van der Waals surface area contributed by atoms with E-state index in [1.807, 2.05) is 0 Å². The molecule has 2 fully saturated rings. The molecule has 6 atom stereocenters. The Labute approximate surface area is 150 Å². The monoisotopic (exact) mass is 342 g/mol. The highest BCUT2D eigenvalue weighted by atomic mass is 16.3. The molecule has 0 aromatic heterocycles. The smallest absolute Gasteiger partial charge is 0.162 e. The van der Waals surface area contributed by atoms with Crippen LogP contribution >= 0.6 is 0 Å². The highest BCUT2D eigenvalue weighted by Gasteiger charge is 2.57. The van der Waals surface area contributed by atoms with E-state index < -0.39 is 6.10 Å². The molecule has 0 bridgehead atoms. The maximum atomic E-state index is 12.3. The number of hydrogen-bond acceptors (Lipinski definition) is 3. The Balaban J connectivity index is 1.78. The summed E-state index contributed by atoms with van der Waals surface area (Å²) in [5, 5.41) is 10.1. The zero-order valence-corrected chi connectivity index (χ0v) is 15.9. The molecule has 3 nitrogen and oxygen atoms in total. The number of carbonyl (C=O) groups is 2. The first-order valence-corrected chi connectivity index (χ1v) is 9.79. The van der Waals surface area contributed by atoms with Gasteiger partial charge in [0, 0.05) is 24.2 Å². The number of aliphatic hydroxyl groups is 1. The molecule has 2 saturated carbocycles. The third-order valence-corrected chi connectivity index (χ3v) is 8.19. The Hall–Kier alpha value is -1.22. The zero-order valence-electron chi connectivity index (χ0n) is 15.9. The third kappa shape index (κ3) is 2.21. The lowest BCUT2D eigenvalue weighted by Crippen LogP contribution is -2.48. The Kier molecular flexibility index (Phi) is 3.71. The second-order valence-corrected chi connectivity index (χ2v) is 9.48. The predicted molar refractivity (Wildman–Crippen MR) is 96.9 cm³/mol. The van der Waals surface area contributed by atoms with E-state index >= 15 is 0 Å². The van der Waals surface area contributed by atoms with E-state index in [0.717, 1.165) is 25.7 Å². The molecule has 4 aliphatic carbocycles. The van der Waals surface area contributed by atoms with Gasteiger partial charge < -0.3 is 5.11 Å². The first kappa shape index (κ1) is 17.2. The Morgan fingerprint density at radius 3 is 2.64 bits per heavy atom. The van der Waals surface area contributed by atoms with Crippen LogP contribution in [0.1, 0.15) is 66.2 Å². The molecule has 3 heteroatoms. The van der Waals surface area contributed by atoms with Crippen LogP contribution in [0.15, 0.2) is 22.8 Å². The maximum Gasteiger partial charge on any atom is 0.162 e. The summed E-state index contributed by atoms with van der Waals surface area (Å²) in [7, 11) is 0. The molecule has 0 aromatic rings. The molecule has 0 aromatic carbocycles. The van der Waals surface area contributed by atoms with E-state index in [1.165, 1.54) is 16.7 Å². The molecule has 1 unspecified atom stereocenters. The molecule has 1 N–H and O–H groups in total. The van der Waals surface area contributed by atoms with Crippen LogP contribution in [0.2, 0.25) is 0 Å². The van der Waals surface area contributed by atoms with Crippen molar-refractivity contribution in [3.63, 3.8) is 0 Å². The number of allylic oxidation sites excluding steroid dienone is 3. The lowest BCUT2D eigenvalue weighted by Gasteiger charge is -2.54. The van der Waals surface area contributed by atoms with E-state index in [0.29, 0.717) is 30.5 Å². The molecule has 0 radical (unpaired) electrons. The maximum absolute atomic E-state index is 12.3. The van der Waals surface area contributed by atoms with Crippen LogP contribution in [0.25, 0.3) is 0 Å². The standard InChI is InChI=1S/C22H30O3/c1-12-9-14-16-6-5-15(13(2)23)21(16,3)8-7-17(14)22(4)11-20(25)19(24)10-18(12)22/h7,14-16,19,24H,5-6,8-11H2,1-4H3/t14-,15+,16-,19?,21+,22+/m0/s1. The van der Waals surface area contributed by atoms with Gasteiger partial charge in [-0.2, -0.15) is 0 Å². The second kappa shape index (κ2) is 5.39. The quantitative estimate of drug-likeness (QED) is 0.733. The molecule has 0 spiro atoms. The summed E-state index contributed by atoms with van der Waals surface area (Å²) in [6, 6.07) is 0. The first-order valence-electron chi connectivity index (χ1n) is 9.79. The highest BCUT2D eigenvalue weighted by Crippen LogP contribution is 2.64. The van der Waals surface area contributed by atoms with Gasteiger partial charge in [-0.05, 0) is 56.8 Å². The Bertz CT molecular complexity index is 715. The van der Waals surface area contributed by atoms with Crippen molar-refractivity contribution in [1.29, 1.82) is 0 Å². The van der Waals surface area contributed by atoms with Crippen molar-refractivity contribution < 1.29 is 14.7 Å². The van der Waals surface area contributed by atoms with Gasteiger partial charge in [0.2, 0.25) is 0 Å². The van der Waals surface area contributed by atoms with Gasteiger partial charge in [0.05, 0.1) is 0 Å². The fraction of sp³-hybridized carbons (Fsp3) is 0.727. The van der Waals surface area contributed by atoms with Crippen LogP contribution in [-0.4, -0.2) is 22.8 Å². The van der Waals surface area contributed by atoms with E-state index in [-0.39, 0.29) is 22.5 Å². The number of carbonyl (C=O) groups excluding carboxylic acids is 2. The fourth-order valence-electron chi connectivity index (χ4n) is 6.95. The minimum absolute atomic E-state index is 0.0121. The summed E-state index contributed by atoms with van der Waals surface area (Å²) in [6.45, 7) is 8.48. The van der Waals surface area contributed by atoms with Crippen molar-refractivity contribution in [1.82, 2.24) is 0 Å². The van der Waals surface area contributed by atoms with Gasteiger partial charge in [-0.1, -0.05) is 36.6 Å². The minimum atomic E-state index is -0.822. The van der Waals surface area contributed by atoms with E-state index in [4.69, 9.17) is 0 Å². The average molecular weight is 342 g/mol. The Morgan fingerprint density at radius 2 is 1.96 bits per heavy atom. The molecule has 0 saturated heterocycles. The van der Waals surface area contributed by atoms with E-state index in [2.05, 4.69) is 26.8 Å². The number of aliphatic hydroxyl groups excluding tert-OH is 1. The number of ketones is 2. The third-order valence-electron chi connectivity index (χ3n) is 8.19. The van der Waals surface area contributed by atoms with Crippen LogP contribution in [0.3, 0.4) is 0 Å². The van der Waals surface area contributed by atoms with Crippen molar-refractivity contribution in [2.75, 3.05) is 0 Å². The number of Topliss-reactive ketones (excluding diaryl/α,β-unsaturated/α-hetero) is 2. The van der Waals surface area contributed by atoms with Crippen molar-refractivity contribution in [2.24, 2.45) is 28.6 Å². The van der Waals surface area contributed by atoms with Gasteiger partial charge in [-0.3, -0.25) is 9.59 Å². The summed E-state index contributed by atoms with van der Waals surface area (Å²) in [4.78, 5) is 24.5. The fourth-order valence-corrected chi connectivity index (χ4v) is 6.95. The normalized spacial score (nSPS) is 46.3. The molecular weight excluding hydrogens is 312 g/mol. The van der Waals surface area contributed by atoms with E-state index in [9.17, 15) is 14.7 Å². The van der Waals surface area contributed by atoms with Gasteiger partial charge in [-0.15, -0.1) is 0 Å². The number of fused-ring (bicyclic) bond motifs is 5. The average Bonchev–Trinajstić information content (AvgIpc) is 2.88. The molecule has 25 heavy (non-hydrogen) atoms. The van der Waals surface area contributed by atoms with E-state index in [1.54, 1.807) is 6.92 Å².